The number of fused-ring (bicyclic) bond motifs is 1. The molecule has 0 amide bonds. The Kier molecular flexibility index (Phi) is 2.64. The van der Waals surface area contributed by atoms with Crippen molar-refractivity contribution in [1.82, 2.24) is 4.98 Å². The lowest BCUT2D eigenvalue weighted by molar-refractivity contribution is -0.384. The first-order chi connectivity index (χ1) is 7.20. The van der Waals surface area contributed by atoms with E-state index in [4.69, 9.17) is 0 Å². The summed E-state index contributed by atoms with van der Waals surface area (Å²) in [6.07, 6.45) is 1.98. The average Bonchev–Trinajstić information content (AvgIpc) is 2.59. The number of aryl methyl sites for hydroxylation is 1. The van der Waals surface area contributed by atoms with Gasteiger partial charge in [-0.15, -0.1) is 11.3 Å². The maximum absolute atomic E-state index is 10.6. The summed E-state index contributed by atoms with van der Waals surface area (Å²) in [7, 11) is 0. The largest absolute Gasteiger partial charge is 0.271 e. The average molecular weight is 222 g/mol. The van der Waals surface area contributed by atoms with Crippen molar-refractivity contribution in [3.8, 4) is 0 Å². The standard InChI is InChI=1S/C10H10N2O2S/c1-2-3-10-11-8-6-7(12(13)14)4-5-9(8)15-10/h4-6H,2-3H2,1H3. The first kappa shape index (κ1) is 10.0. The number of aromatic nitrogens is 1. The fourth-order valence-electron chi connectivity index (χ4n) is 1.40. The number of rotatable bonds is 3. The van der Waals surface area contributed by atoms with Crippen LogP contribution < -0.4 is 0 Å². The molecule has 0 fully saturated rings. The maximum Gasteiger partial charge on any atom is 0.271 e. The highest BCUT2D eigenvalue weighted by Crippen LogP contribution is 2.26. The Bertz CT molecular complexity index is 507. The lowest BCUT2D eigenvalue weighted by atomic mass is 10.3. The molecular weight excluding hydrogens is 212 g/mol. The van der Waals surface area contributed by atoms with E-state index in [2.05, 4.69) is 11.9 Å². The first-order valence-electron chi connectivity index (χ1n) is 4.74. The highest BCUT2D eigenvalue weighted by Gasteiger charge is 2.09. The highest BCUT2D eigenvalue weighted by molar-refractivity contribution is 7.18. The number of nitro groups is 1. The molecule has 1 aromatic heterocycles. The molecule has 0 bridgehead atoms. The molecule has 15 heavy (non-hydrogen) atoms. The summed E-state index contributed by atoms with van der Waals surface area (Å²) >= 11 is 1.61. The predicted octanol–water partition coefficient (Wildman–Crippen LogP) is 3.16. The molecule has 5 heteroatoms. The minimum absolute atomic E-state index is 0.107. The van der Waals surface area contributed by atoms with Crippen molar-refractivity contribution in [3.05, 3.63) is 33.3 Å². The van der Waals surface area contributed by atoms with E-state index >= 15 is 0 Å². The zero-order chi connectivity index (χ0) is 10.8. The summed E-state index contributed by atoms with van der Waals surface area (Å²) in [6.45, 7) is 2.09. The topological polar surface area (TPSA) is 56.0 Å². The molecule has 0 spiro atoms. The second-order valence-corrected chi connectivity index (χ2v) is 4.38. The Morgan fingerprint density at radius 3 is 3.00 bits per heavy atom. The number of nitrogens with zero attached hydrogens (tertiary/aromatic N) is 2. The molecule has 0 aliphatic rings. The minimum Gasteiger partial charge on any atom is -0.258 e. The van der Waals surface area contributed by atoms with E-state index in [9.17, 15) is 10.1 Å². The third kappa shape index (κ3) is 1.97. The molecule has 0 unspecified atom stereocenters. The molecule has 1 heterocycles. The smallest absolute Gasteiger partial charge is 0.258 e. The van der Waals surface area contributed by atoms with Crippen molar-refractivity contribution >= 4 is 27.2 Å². The zero-order valence-electron chi connectivity index (χ0n) is 8.27. The summed E-state index contributed by atoms with van der Waals surface area (Å²) in [6, 6.07) is 4.82. The van der Waals surface area contributed by atoms with Crippen LogP contribution in [-0.2, 0) is 6.42 Å². The van der Waals surface area contributed by atoms with Crippen LogP contribution in [0.3, 0.4) is 0 Å². The van der Waals surface area contributed by atoms with Crippen LogP contribution in [0.4, 0.5) is 5.69 Å². The van der Waals surface area contributed by atoms with Crippen molar-refractivity contribution in [2.45, 2.75) is 19.8 Å². The summed E-state index contributed by atoms with van der Waals surface area (Å²) in [4.78, 5) is 14.5. The first-order valence-corrected chi connectivity index (χ1v) is 5.56. The number of hydrogen-bond donors (Lipinski definition) is 0. The van der Waals surface area contributed by atoms with Crippen LogP contribution in [-0.4, -0.2) is 9.91 Å². The van der Waals surface area contributed by atoms with Crippen molar-refractivity contribution in [1.29, 1.82) is 0 Å². The van der Waals surface area contributed by atoms with Gasteiger partial charge in [-0.3, -0.25) is 10.1 Å². The summed E-state index contributed by atoms with van der Waals surface area (Å²) in [5.74, 6) is 0. The van der Waals surface area contributed by atoms with Gasteiger partial charge < -0.3 is 0 Å². The molecule has 2 aromatic rings. The van der Waals surface area contributed by atoms with Gasteiger partial charge in [-0.05, 0) is 18.9 Å². The van der Waals surface area contributed by atoms with Crippen molar-refractivity contribution in [2.24, 2.45) is 0 Å². The van der Waals surface area contributed by atoms with Gasteiger partial charge in [0.15, 0.2) is 0 Å². The summed E-state index contributed by atoms with van der Waals surface area (Å²) in [5.41, 5.74) is 0.841. The SMILES string of the molecule is CCCc1nc2cc([N+](=O)[O-])ccc2s1. The normalized spacial score (nSPS) is 10.7. The van der Waals surface area contributed by atoms with Gasteiger partial charge in [-0.25, -0.2) is 4.98 Å². The van der Waals surface area contributed by atoms with Gasteiger partial charge in [-0.1, -0.05) is 6.92 Å². The number of non-ortho nitro benzene ring substituents is 1. The molecule has 0 atom stereocenters. The second kappa shape index (κ2) is 3.94. The van der Waals surface area contributed by atoms with E-state index < -0.39 is 4.92 Å². The number of benzene rings is 1. The molecule has 0 saturated carbocycles. The lowest BCUT2D eigenvalue weighted by Gasteiger charge is -1.89. The van der Waals surface area contributed by atoms with Crippen LogP contribution in [0.2, 0.25) is 0 Å². The van der Waals surface area contributed by atoms with Gasteiger partial charge in [0.2, 0.25) is 0 Å². The van der Waals surface area contributed by atoms with E-state index in [-0.39, 0.29) is 5.69 Å². The molecule has 0 aliphatic carbocycles. The van der Waals surface area contributed by atoms with Gasteiger partial charge in [0.25, 0.3) is 5.69 Å². The fraction of sp³-hybridized carbons (Fsp3) is 0.300. The van der Waals surface area contributed by atoms with Gasteiger partial charge in [0, 0.05) is 12.1 Å². The molecule has 1 aromatic carbocycles. The van der Waals surface area contributed by atoms with Gasteiger partial charge in [-0.2, -0.15) is 0 Å². The van der Waals surface area contributed by atoms with Crippen molar-refractivity contribution < 1.29 is 4.92 Å². The Morgan fingerprint density at radius 2 is 2.33 bits per heavy atom. The van der Waals surface area contributed by atoms with E-state index in [0.717, 1.165) is 28.1 Å². The fourth-order valence-corrected chi connectivity index (χ4v) is 2.45. The Balaban J connectivity index is 2.47. The molecule has 0 N–H and O–H groups in total. The molecule has 2 rings (SSSR count). The Labute approximate surface area is 90.7 Å². The summed E-state index contributed by atoms with van der Waals surface area (Å²) in [5, 5.41) is 11.6. The van der Waals surface area contributed by atoms with Crippen LogP contribution in [0.5, 0.6) is 0 Å². The van der Waals surface area contributed by atoms with E-state index in [0.29, 0.717) is 0 Å². The van der Waals surface area contributed by atoms with E-state index in [1.54, 1.807) is 17.4 Å². The van der Waals surface area contributed by atoms with Gasteiger partial charge >= 0.3 is 0 Å². The monoisotopic (exact) mass is 222 g/mol. The van der Waals surface area contributed by atoms with Crippen molar-refractivity contribution in [2.75, 3.05) is 0 Å². The Hall–Kier alpha value is -1.49. The van der Waals surface area contributed by atoms with Crippen LogP contribution in [0.1, 0.15) is 18.4 Å². The van der Waals surface area contributed by atoms with Gasteiger partial charge in [0.05, 0.1) is 20.1 Å². The molecule has 78 valence electrons. The summed E-state index contributed by atoms with van der Waals surface area (Å²) < 4.78 is 1.02. The third-order valence-electron chi connectivity index (χ3n) is 2.09. The highest BCUT2D eigenvalue weighted by atomic mass is 32.1. The third-order valence-corrected chi connectivity index (χ3v) is 3.19. The lowest BCUT2D eigenvalue weighted by Crippen LogP contribution is -1.86. The number of nitro benzene ring substituents is 1. The molecule has 0 saturated heterocycles. The second-order valence-electron chi connectivity index (χ2n) is 3.27. The van der Waals surface area contributed by atoms with Crippen LogP contribution in [0.15, 0.2) is 18.2 Å². The molecule has 0 radical (unpaired) electrons. The maximum atomic E-state index is 10.6. The predicted molar refractivity (Wildman–Crippen MR) is 60.3 cm³/mol. The Morgan fingerprint density at radius 1 is 1.53 bits per heavy atom. The van der Waals surface area contributed by atoms with Crippen LogP contribution in [0, 0.1) is 10.1 Å². The minimum atomic E-state index is -0.391. The molecule has 4 nitrogen and oxygen atoms in total. The van der Waals surface area contributed by atoms with E-state index in [1.165, 1.54) is 12.1 Å². The van der Waals surface area contributed by atoms with Crippen LogP contribution in [0.25, 0.3) is 10.2 Å². The van der Waals surface area contributed by atoms with E-state index in [1.807, 2.05) is 0 Å². The number of thiazole rings is 1. The molecular formula is C10H10N2O2S. The number of hydrogen-bond acceptors (Lipinski definition) is 4. The quantitative estimate of drug-likeness (QED) is 0.592. The van der Waals surface area contributed by atoms with Crippen LogP contribution >= 0.6 is 11.3 Å². The van der Waals surface area contributed by atoms with Crippen molar-refractivity contribution in [3.63, 3.8) is 0 Å². The molecule has 0 aliphatic heterocycles. The van der Waals surface area contributed by atoms with Gasteiger partial charge in [0.1, 0.15) is 0 Å². The zero-order valence-corrected chi connectivity index (χ0v) is 9.08.